The molecule has 2 aromatic rings. The predicted octanol–water partition coefficient (Wildman–Crippen LogP) is 5.11. The van der Waals surface area contributed by atoms with Gasteiger partial charge in [-0.15, -0.1) is 0 Å². The Morgan fingerprint density at radius 2 is 1.10 bits per heavy atom. The van der Waals surface area contributed by atoms with Gasteiger partial charge >= 0.3 is 11.9 Å². The fourth-order valence-electron chi connectivity index (χ4n) is 3.53. The lowest BCUT2D eigenvalue weighted by atomic mass is 9.95. The van der Waals surface area contributed by atoms with Gasteiger partial charge in [-0.25, -0.2) is 9.59 Å². The Balaban J connectivity index is 1.58. The van der Waals surface area contributed by atoms with E-state index in [2.05, 4.69) is 0 Å². The second-order valence-electron chi connectivity index (χ2n) is 7.79. The first-order chi connectivity index (χ1) is 14.4. The van der Waals surface area contributed by atoms with Crippen LogP contribution in [-0.2, 0) is 19.6 Å². The maximum Gasteiger partial charge on any atom is 0.373 e. The summed E-state index contributed by atoms with van der Waals surface area (Å²) in [5.41, 5.74) is 4.63. The highest BCUT2D eigenvalue weighted by atomic mass is 17.2. The molecule has 1 fully saturated rings. The summed E-state index contributed by atoms with van der Waals surface area (Å²) in [7, 11) is 0. The normalized spacial score (nSPS) is 18.7. The van der Waals surface area contributed by atoms with Crippen LogP contribution in [0.4, 0.5) is 0 Å². The molecule has 3 rings (SSSR count). The van der Waals surface area contributed by atoms with E-state index < -0.39 is 24.1 Å². The van der Waals surface area contributed by atoms with Crippen molar-refractivity contribution >= 4 is 11.9 Å². The van der Waals surface area contributed by atoms with Gasteiger partial charge in [0.2, 0.25) is 0 Å². The van der Waals surface area contributed by atoms with Crippen molar-refractivity contribution in [2.75, 3.05) is 0 Å². The molecule has 1 saturated carbocycles. The van der Waals surface area contributed by atoms with Crippen molar-refractivity contribution in [3.05, 3.63) is 69.8 Å². The summed E-state index contributed by atoms with van der Waals surface area (Å²) in [5.74, 6) is -1.10. The van der Waals surface area contributed by atoms with Crippen LogP contribution in [0, 0.1) is 27.7 Å². The van der Waals surface area contributed by atoms with Gasteiger partial charge in [0.1, 0.15) is 12.2 Å². The molecule has 30 heavy (non-hydrogen) atoms. The smallest absolute Gasteiger partial charge is 0.292 e. The van der Waals surface area contributed by atoms with Crippen LogP contribution < -0.4 is 0 Å². The average Bonchev–Trinajstić information content (AvgIpc) is 2.74. The fraction of sp³-hybridized carbons (Fsp3) is 0.417. The van der Waals surface area contributed by atoms with E-state index in [1.165, 1.54) is 0 Å². The fourth-order valence-corrected chi connectivity index (χ4v) is 3.53. The molecule has 0 amide bonds. The third-order valence-corrected chi connectivity index (χ3v) is 5.79. The largest absolute Gasteiger partial charge is 0.373 e. The highest BCUT2D eigenvalue weighted by Crippen LogP contribution is 2.26. The van der Waals surface area contributed by atoms with Crippen molar-refractivity contribution in [1.29, 1.82) is 0 Å². The van der Waals surface area contributed by atoms with E-state index >= 15 is 0 Å². The molecular weight excluding hydrogens is 384 g/mol. The van der Waals surface area contributed by atoms with Gasteiger partial charge in [-0.05, 0) is 74.9 Å². The summed E-state index contributed by atoms with van der Waals surface area (Å²) in [6.07, 6.45) is 2.11. The molecule has 1 aliphatic carbocycles. The van der Waals surface area contributed by atoms with Gasteiger partial charge in [0.15, 0.2) is 0 Å². The van der Waals surface area contributed by atoms with Crippen LogP contribution >= 0.6 is 0 Å². The van der Waals surface area contributed by atoms with Gasteiger partial charge in [0.05, 0.1) is 11.1 Å². The molecule has 0 aromatic heterocycles. The Hall–Kier alpha value is -2.70. The zero-order valence-corrected chi connectivity index (χ0v) is 17.9. The maximum atomic E-state index is 12.4. The molecule has 0 heterocycles. The van der Waals surface area contributed by atoms with Crippen LogP contribution in [0.2, 0.25) is 0 Å². The minimum absolute atomic E-state index is 0.463. The van der Waals surface area contributed by atoms with E-state index in [0.717, 1.165) is 35.1 Å². The highest BCUT2D eigenvalue weighted by molar-refractivity contribution is 5.91. The predicted molar refractivity (Wildman–Crippen MR) is 111 cm³/mol. The second kappa shape index (κ2) is 9.87. The first-order valence-corrected chi connectivity index (χ1v) is 10.3. The van der Waals surface area contributed by atoms with Crippen LogP contribution in [-0.4, -0.2) is 24.1 Å². The molecule has 0 aliphatic heterocycles. The van der Waals surface area contributed by atoms with Crippen LogP contribution in [0.15, 0.2) is 36.4 Å². The summed E-state index contributed by atoms with van der Waals surface area (Å²) in [6.45, 7) is 7.60. The van der Waals surface area contributed by atoms with Gasteiger partial charge in [0.25, 0.3) is 0 Å². The Bertz CT molecular complexity index is 844. The molecule has 0 saturated heterocycles. The number of carbonyl (C=O) groups excluding carboxylic acids is 2. The molecule has 2 unspecified atom stereocenters. The minimum Gasteiger partial charge on any atom is -0.292 e. The molecule has 160 valence electrons. The van der Waals surface area contributed by atoms with Crippen molar-refractivity contribution in [2.24, 2.45) is 0 Å². The minimum atomic E-state index is -0.548. The number of aryl methyl sites for hydroxylation is 2. The number of benzene rings is 2. The third kappa shape index (κ3) is 5.07. The second-order valence-corrected chi connectivity index (χ2v) is 7.79. The van der Waals surface area contributed by atoms with Crippen molar-refractivity contribution in [3.8, 4) is 0 Å². The molecular formula is C24H28O6. The molecule has 2 aromatic carbocycles. The van der Waals surface area contributed by atoms with Crippen LogP contribution in [0.1, 0.15) is 68.7 Å². The van der Waals surface area contributed by atoms with Gasteiger partial charge in [-0.2, -0.15) is 9.78 Å². The molecule has 0 radical (unpaired) electrons. The Kier molecular flexibility index (Phi) is 7.24. The van der Waals surface area contributed by atoms with E-state index in [4.69, 9.17) is 19.6 Å². The van der Waals surface area contributed by atoms with Gasteiger partial charge < -0.3 is 0 Å². The molecule has 0 bridgehead atoms. The lowest BCUT2D eigenvalue weighted by molar-refractivity contribution is -0.352. The molecule has 6 nitrogen and oxygen atoms in total. The lowest BCUT2D eigenvalue weighted by Crippen LogP contribution is -2.36. The average molecular weight is 412 g/mol. The van der Waals surface area contributed by atoms with Gasteiger partial charge in [-0.3, -0.25) is 9.78 Å². The van der Waals surface area contributed by atoms with Crippen LogP contribution in [0.5, 0.6) is 0 Å². The van der Waals surface area contributed by atoms with Crippen molar-refractivity contribution in [3.63, 3.8) is 0 Å². The van der Waals surface area contributed by atoms with E-state index in [1.807, 2.05) is 39.8 Å². The summed E-state index contributed by atoms with van der Waals surface area (Å²) in [4.78, 5) is 45.9. The zero-order valence-electron chi connectivity index (χ0n) is 17.9. The van der Waals surface area contributed by atoms with E-state index in [0.29, 0.717) is 24.0 Å². The number of rotatable bonds is 6. The summed E-state index contributed by atoms with van der Waals surface area (Å²) in [5, 5.41) is 0. The third-order valence-electron chi connectivity index (χ3n) is 5.79. The number of hydrogen-bond acceptors (Lipinski definition) is 6. The van der Waals surface area contributed by atoms with Crippen molar-refractivity contribution in [2.45, 2.75) is 65.6 Å². The first kappa shape index (κ1) is 22.0. The van der Waals surface area contributed by atoms with E-state index in [1.54, 1.807) is 24.3 Å². The van der Waals surface area contributed by atoms with Crippen molar-refractivity contribution in [1.82, 2.24) is 0 Å². The summed E-state index contributed by atoms with van der Waals surface area (Å²) >= 11 is 0. The molecule has 6 heteroatoms. The van der Waals surface area contributed by atoms with Gasteiger partial charge in [0, 0.05) is 0 Å². The van der Waals surface area contributed by atoms with Crippen LogP contribution in [0.3, 0.4) is 0 Å². The van der Waals surface area contributed by atoms with E-state index in [-0.39, 0.29) is 0 Å². The Labute approximate surface area is 176 Å². The van der Waals surface area contributed by atoms with Crippen molar-refractivity contribution < 1.29 is 29.1 Å². The first-order valence-electron chi connectivity index (χ1n) is 10.3. The summed E-state index contributed by atoms with van der Waals surface area (Å²) in [6, 6.07) is 10.9. The molecule has 0 N–H and O–H groups in total. The maximum absolute atomic E-state index is 12.4. The monoisotopic (exact) mass is 412 g/mol. The molecule has 2 atom stereocenters. The molecule has 0 spiro atoms. The highest BCUT2D eigenvalue weighted by Gasteiger charge is 2.31. The Morgan fingerprint density at radius 3 is 1.50 bits per heavy atom. The zero-order chi connectivity index (χ0) is 21.7. The summed E-state index contributed by atoms with van der Waals surface area (Å²) < 4.78 is 0. The topological polar surface area (TPSA) is 71.1 Å². The standard InChI is InChI=1S/C24H28O6/c1-15-9-7-11-19(17(15)3)23(25)29-27-21-13-5-6-14-22(21)28-30-24(26)20-12-8-10-16(2)18(20)4/h7-12,21-22H,5-6,13-14H2,1-4H3. The number of carbonyl (C=O) groups is 2. The SMILES string of the molecule is Cc1cccc(C(=O)OOC2CCCCC2OOC(=O)c2cccc(C)c2C)c1C. The lowest BCUT2D eigenvalue weighted by Gasteiger charge is -2.28. The quantitative estimate of drug-likeness (QED) is 0.485. The number of hydrogen-bond donors (Lipinski definition) is 0. The molecule has 1 aliphatic rings. The van der Waals surface area contributed by atoms with Gasteiger partial charge in [-0.1, -0.05) is 37.1 Å². The Morgan fingerprint density at radius 1 is 0.700 bits per heavy atom. The van der Waals surface area contributed by atoms with E-state index in [9.17, 15) is 9.59 Å². The van der Waals surface area contributed by atoms with Crippen LogP contribution in [0.25, 0.3) is 0 Å².